The smallest absolute Gasteiger partial charge is 0.327 e. The van der Waals surface area contributed by atoms with Gasteiger partial charge in [0.2, 0.25) is 0 Å². The summed E-state index contributed by atoms with van der Waals surface area (Å²) in [6, 6.07) is 0. The molecule has 0 aliphatic heterocycles. The Kier molecular flexibility index (Phi) is 5.35. The van der Waals surface area contributed by atoms with Gasteiger partial charge < -0.3 is 15.2 Å². The summed E-state index contributed by atoms with van der Waals surface area (Å²) < 4.78 is 11.5. The number of esters is 1. The number of carbonyl (C=O) groups is 1. The van der Waals surface area contributed by atoms with Crippen molar-refractivity contribution in [2.24, 2.45) is 0 Å². The van der Waals surface area contributed by atoms with Gasteiger partial charge in [0.15, 0.2) is 0 Å². The molecule has 6 heteroatoms. The van der Waals surface area contributed by atoms with Crippen LogP contribution in [0.15, 0.2) is 12.4 Å². The zero-order chi connectivity index (χ0) is 11.8. The summed E-state index contributed by atoms with van der Waals surface area (Å²) in [5.41, 5.74) is 5.99. The highest BCUT2D eigenvalue weighted by Gasteiger charge is 2.04. The SMILES string of the molecule is CCOCCCOC(=O)Cn1cc(N)cn1. The molecule has 0 amide bonds. The molecule has 16 heavy (non-hydrogen) atoms. The quantitative estimate of drug-likeness (QED) is 0.540. The number of rotatable bonds is 7. The van der Waals surface area contributed by atoms with Gasteiger partial charge in [-0.3, -0.25) is 9.48 Å². The lowest BCUT2D eigenvalue weighted by molar-refractivity contribution is -0.144. The molecule has 0 unspecified atom stereocenters. The number of anilines is 1. The molecular weight excluding hydrogens is 210 g/mol. The van der Waals surface area contributed by atoms with Crippen molar-refractivity contribution in [3.8, 4) is 0 Å². The highest BCUT2D eigenvalue weighted by atomic mass is 16.5. The minimum atomic E-state index is -0.320. The average Bonchev–Trinajstić information content (AvgIpc) is 2.63. The summed E-state index contributed by atoms with van der Waals surface area (Å²) in [4.78, 5) is 11.3. The van der Waals surface area contributed by atoms with Crippen LogP contribution < -0.4 is 5.73 Å². The molecule has 0 atom stereocenters. The Labute approximate surface area is 94.3 Å². The maximum Gasteiger partial charge on any atom is 0.327 e. The second-order valence-corrected chi connectivity index (χ2v) is 3.24. The molecule has 0 aliphatic rings. The van der Waals surface area contributed by atoms with E-state index >= 15 is 0 Å². The van der Waals surface area contributed by atoms with Gasteiger partial charge >= 0.3 is 5.97 Å². The normalized spacial score (nSPS) is 10.3. The van der Waals surface area contributed by atoms with Crippen LogP contribution in [0.25, 0.3) is 0 Å². The summed E-state index contributed by atoms with van der Waals surface area (Å²) in [5.74, 6) is -0.320. The highest BCUT2D eigenvalue weighted by Crippen LogP contribution is 1.98. The first-order chi connectivity index (χ1) is 7.72. The Morgan fingerprint density at radius 1 is 1.56 bits per heavy atom. The Morgan fingerprint density at radius 3 is 3.00 bits per heavy atom. The summed E-state index contributed by atoms with van der Waals surface area (Å²) in [7, 11) is 0. The molecule has 0 spiro atoms. The van der Waals surface area contributed by atoms with E-state index in [4.69, 9.17) is 15.2 Å². The van der Waals surface area contributed by atoms with E-state index in [-0.39, 0.29) is 12.5 Å². The summed E-state index contributed by atoms with van der Waals surface area (Å²) in [6.45, 7) is 3.68. The van der Waals surface area contributed by atoms with E-state index in [1.54, 1.807) is 6.20 Å². The van der Waals surface area contributed by atoms with Gasteiger partial charge in [0.05, 0.1) is 18.5 Å². The van der Waals surface area contributed by atoms with Gasteiger partial charge in [-0.05, 0) is 6.92 Å². The second kappa shape index (κ2) is 6.84. The van der Waals surface area contributed by atoms with E-state index in [9.17, 15) is 4.79 Å². The van der Waals surface area contributed by atoms with E-state index in [0.717, 1.165) is 0 Å². The topological polar surface area (TPSA) is 79.4 Å². The minimum Gasteiger partial charge on any atom is -0.464 e. The monoisotopic (exact) mass is 227 g/mol. The fourth-order valence-corrected chi connectivity index (χ4v) is 1.14. The molecule has 0 bridgehead atoms. The first-order valence-electron chi connectivity index (χ1n) is 5.23. The zero-order valence-corrected chi connectivity index (χ0v) is 9.39. The molecule has 2 N–H and O–H groups in total. The molecule has 0 aromatic carbocycles. The highest BCUT2D eigenvalue weighted by molar-refractivity contribution is 5.69. The van der Waals surface area contributed by atoms with Gasteiger partial charge in [-0.15, -0.1) is 0 Å². The lowest BCUT2D eigenvalue weighted by atomic mass is 10.5. The van der Waals surface area contributed by atoms with Gasteiger partial charge in [0.25, 0.3) is 0 Å². The molecule has 1 aromatic rings. The van der Waals surface area contributed by atoms with Gasteiger partial charge in [-0.1, -0.05) is 0 Å². The Bertz CT molecular complexity index is 325. The van der Waals surface area contributed by atoms with Crippen LogP contribution in [0.5, 0.6) is 0 Å². The van der Waals surface area contributed by atoms with Crippen LogP contribution in [-0.4, -0.2) is 35.6 Å². The Morgan fingerprint density at radius 2 is 2.38 bits per heavy atom. The first kappa shape index (κ1) is 12.5. The van der Waals surface area contributed by atoms with Crippen LogP contribution in [0.2, 0.25) is 0 Å². The van der Waals surface area contributed by atoms with Crippen molar-refractivity contribution in [1.82, 2.24) is 9.78 Å². The van der Waals surface area contributed by atoms with E-state index in [0.29, 0.717) is 31.9 Å². The minimum absolute atomic E-state index is 0.0891. The first-order valence-corrected chi connectivity index (χ1v) is 5.23. The van der Waals surface area contributed by atoms with Crippen LogP contribution in [0.4, 0.5) is 5.69 Å². The predicted octanol–water partition coefficient (Wildman–Crippen LogP) is 0.435. The Balaban J connectivity index is 2.11. The average molecular weight is 227 g/mol. The van der Waals surface area contributed by atoms with Crippen LogP contribution >= 0.6 is 0 Å². The third-order valence-corrected chi connectivity index (χ3v) is 1.84. The van der Waals surface area contributed by atoms with E-state index in [1.165, 1.54) is 10.9 Å². The van der Waals surface area contributed by atoms with Gasteiger partial charge in [-0.2, -0.15) is 5.10 Å². The number of nitrogen functional groups attached to an aromatic ring is 1. The van der Waals surface area contributed by atoms with Crippen molar-refractivity contribution < 1.29 is 14.3 Å². The third-order valence-electron chi connectivity index (χ3n) is 1.84. The third kappa shape index (κ3) is 4.79. The van der Waals surface area contributed by atoms with Crippen molar-refractivity contribution in [1.29, 1.82) is 0 Å². The number of aromatic nitrogens is 2. The molecule has 0 fully saturated rings. The molecule has 0 saturated heterocycles. The number of ether oxygens (including phenoxy) is 2. The standard InChI is InChI=1S/C10H17N3O3/c1-2-15-4-3-5-16-10(14)8-13-7-9(11)6-12-13/h6-7H,2-5,8,11H2,1H3. The van der Waals surface area contributed by atoms with Gasteiger partial charge in [0, 0.05) is 25.8 Å². The molecule has 0 aliphatic carbocycles. The number of hydrogen-bond acceptors (Lipinski definition) is 5. The lowest BCUT2D eigenvalue weighted by Gasteiger charge is -2.04. The van der Waals surface area contributed by atoms with Crippen LogP contribution in [-0.2, 0) is 20.8 Å². The number of hydrogen-bond donors (Lipinski definition) is 1. The van der Waals surface area contributed by atoms with Crippen molar-refractivity contribution >= 4 is 11.7 Å². The van der Waals surface area contributed by atoms with E-state index in [2.05, 4.69) is 5.10 Å². The molecule has 0 radical (unpaired) electrons. The van der Waals surface area contributed by atoms with E-state index in [1.807, 2.05) is 6.92 Å². The molecular formula is C10H17N3O3. The maximum absolute atomic E-state index is 11.3. The second-order valence-electron chi connectivity index (χ2n) is 3.24. The predicted molar refractivity (Wildman–Crippen MR) is 58.7 cm³/mol. The van der Waals surface area contributed by atoms with Gasteiger partial charge in [-0.25, -0.2) is 0 Å². The number of nitrogens with two attached hydrogens (primary N) is 1. The molecule has 0 saturated carbocycles. The summed E-state index contributed by atoms with van der Waals surface area (Å²) >= 11 is 0. The molecule has 1 aromatic heterocycles. The van der Waals surface area contributed by atoms with Crippen LogP contribution in [0.3, 0.4) is 0 Å². The molecule has 1 heterocycles. The van der Waals surface area contributed by atoms with E-state index < -0.39 is 0 Å². The maximum atomic E-state index is 11.3. The van der Waals surface area contributed by atoms with Crippen molar-refractivity contribution in [3.05, 3.63) is 12.4 Å². The fourth-order valence-electron chi connectivity index (χ4n) is 1.14. The Hall–Kier alpha value is -1.56. The van der Waals surface area contributed by atoms with Crippen LogP contribution in [0.1, 0.15) is 13.3 Å². The number of carbonyl (C=O) groups excluding carboxylic acids is 1. The van der Waals surface area contributed by atoms with Gasteiger partial charge in [0.1, 0.15) is 6.54 Å². The van der Waals surface area contributed by atoms with Crippen LogP contribution in [0, 0.1) is 0 Å². The summed E-state index contributed by atoms with van der Waals surface area (Å²) in [5, 5.41) is 3.88. The van der Waals surface area contributed by atoms with Crippen molar-refractivity contribution in [2.45, 2.75) is 19.9 Å². The van der Waals surface area contributed by atoms with Crippen molar-refractivity contribution in [2.75, 3.05) is 25.6 Å². The zero-order valence-electron chi connectivity index (χ0n) is 9.39. The largest absolute Gasteiger partial charge is 0.464 e. The number of nitrogens with zero attached hydrogens (tertiary/aromatic N) is 2. The lowest BCUT2D eigenvalue weighted by Crippen LogP contribution is -2.15. The molecule has 6 nitrogen and oxygen atoms in total. The summed E-state index contributed by atoms with van der Waals surface area (Å²) in [6.07, 6.45) is 3.78. The fraction of sp³-hybridized carbons (Fsp3) is 0.600. The molecule has 90 valence electrons. The molecule has 1 rings (SSSR count). The van der Waals surface area contributed by atoms with Crippen molar-refractivity contribution in [3.63, 3.8) is 0 Å².